The van der Waals surface area contributed by atoms with Gasteiger partial charge in [0, 0.05) is 11.8 Å². The van der Waals surface area contributed by atoms with Crippen molar-refractivity contribution in [1.29, 1.82) is 0 Å². The number of carbonyl (C=O) groups excluding carboxylic acids is 1. The fourth-order valence-electron chi connectivity index (χ4n) is 2.54. The minimum atomic E-state index is -4.72. The molecule has 10 heteroatoms. The Hall–Kier alpha value is -3.04. The number of pyridine rings is 1. The maximum absolute atomic E-state index is 12.9. The first kappa shape index (κ1) is 18.7. The summed E-state index contributed by atoms with van der Waals surface area (Å²) >= 11 is 0. The summed E-state index contributed by atoms with van der Waals surface area (Å²) in [6, 6.07) is 9.74. The van der Waals surface area contributed by atoms with Crippen LogP contribution < -0.4 is 5.32 Å². The van der Waals surface area contributed by atoms with E-state index in [1.165, 1.54) is 4.40 Å². The van der Waals surface area contributed by atoms with Gasteiger partial charge in [0.2, 0.25) is 5.91 Å². The number of hydrogen-bond acceptors (Lipinski definition) is 2. The van der Waals surface area contributed by atoms with E-state index in [1.54, 1.807) is 30.3 Å². The molecule has 1 aromatic carbocycles. The predicted octanol–water partition coefficient (Wildman–Crippen LogP) is 4.91. The maximum atomic E-state index is 12.9. The number of amides is 1. The lowest BCUT2D eigenvalue weighted by Crippen LogP contribution is -2.21. The number of benzene rings is 1. The summed E-state index contributed by atoms with van der Waals surface area (Å²) in [5, 5.41) is 2.04. The average Bonchev–Trinajstić information content (AvgIpc) is 2.89. The molecule has 0 atom stereocenters. The molecule has 2 aromatic heterocycles. The van der Waals surface area contributed by atoms with E-state index >= 15 is 0 Å². The second-order valence-corrected chi connectivity index (χ2v) is 5.66. The van der Waals surface area contributed by atoms with E-state index in [0.717, 1.165) is 18.3 Å². The number of rotatable bonds is 3. The Morgan fingerprint density at radius 3 is 2.30 bits per heavy atom. The van der Waals surface area contributed by atoms with E-state index in [4.69, 9.17) is 0 Å². The smallest absolute Gasteiger partial charge is 0.309 e. The highest BCUT2D eigenvalue weighted by Crippen LogP contribution is 2.34. The average molecular weight is 387 g/mol. The van der Waals surface area contributed by atoms with Crippen molar-refractivity contribution in [1.82, 2.24) is 9.38 Å². The first-order valence-corrected chi connectivity index (χ1v) is 7.56. The third kappa shape index (κ3) is 4.21. The minimum Gasteiger partial charge on any atom is -0.309 e. The topological polar surface area (TPSA) is 46.4 Å². The lowest BCUT2D eigenvalue weighted by Gasteiger charge is -2.09. The Morgan fingerprint density at radius 1 is 1.04 bits per heavy atom. The zero-order valence-electron chi connectivity index (χ0n) is 13.4. The van der Waals surface area contributed by atoms with E-state index in [1.807, 2.05) is 5.32 Å². The lowest BCUT2D eigenvalue weighted by atomic mass is 10.1. The summed E-state index contributed by atoms with van der Waals surface area (Å²) in [4.78, 5) is 15.6. The molecule has 142 valence electrons. The van der Waals surface area contributed by atoms with Crippen molar-refractivity contribution in [2.24, 2.45) is 0 Å². The Balaban J connectivity index is 2.11. The molecule has 0 aliphatic carbocycles. The normalized spacial score (nSPS) is 12.4. The first-order valence-electron chi connectivity index (χ1n) is 7.56. The van der Waals surface area contributed by atoms with Gasteiger partial charge in [0.15, 0.2) is 5.82 Å². The summed E-state index contributed by atoms with van der Waals surface area (Å²) < 4.78 is 77.2. The summed E-state index contributed by atoms with van der Waals surface area (Å²) in [6.07, 6.45) is -9.96. The quantitative estimate of drug-likeness (QED) is 0.649. The van der Waals surface area contributed by atoms with Crippen LogP contribution in [-0.4, -0.2) is 21.5 Å². The molecule has 0 fully saturated rings. The van der Waals surface area contributed by atoms with E-state index in [-0.39, 0.29) is 17.2 Å². The Kier molecular flexibility index (Phi) is 4.58. The monoisotopic (exact) mass is 387 g/mol. The van der Waals surface area contributed by atoms with Crippen molar-refractivity contribution in [2.45, 2.75) is 18.8 Å². The lowest BCUT2D eigenvalue weighted by molar-refractivity contribution is -0.150. The molecule has 0 aliphatic rings. The molecule has 3 aromatic rings. The molecule has 0 bridgehead atoms. The molecule has 27 heavy (non-hydrogen) atoms. The molecule has 3 rings (SSSR count). The van der Waals surface area contributed by atoms with Crippen LogP contribution in [0.2, 0.25) is 0 Å². The number of nitrogens with zero attached hydrogens (tertiary/aromatic N) is 2. The molecular formula is C17H11F6N3O. The third-order valence-corrected chi connectivity index (χ3v) is 3.62. The highest BCUT2D eigenvalue weighted by Gasteiger charge is 2.33. The molecule has 1 amide bonds. The molecule has 2 heterocycles. The largest absolute Gasteiger partial charge is 0.416 e. The zero-order chi connectivity index (χ0) is 19.8. The number of imidazole rings is 1. The Bertz CT molecular complexity index is 976. The summed E-state index contributed by atoms with van der Waals surface area (Å²) in [6.45, 7) is 0. The van der Waals surface area contributed by atoms with Crippen LogP contribution in [0.5, 0.6) is 0 Å². The number of aromatic nitrogens is 2. The summed E-state index contributed by atoms with van der Waals surface area (Å²) in [7, 11) is 0. The van der Waals surface area contributed by atoms with E-state index < -0.39 is 30.2 Å². The number of nitrogens with one attached hydrogen (secondary N) is 1. The van der Waals surface area contributed by atoms with Crippen LogP contribution in [0.3, 0.4) is 0 Å². The summed E-state index contributed by atoms with van der Waals surface area (Å²) in [5.41, 5.74) is -0.485. The van der Waals surface area contributed by atoms with Crippen molar-refractivity contribution >= 4 is 17.4 Å². The molecule has 1 N–H and O–H groups in total. The molecule has 0 saturated carbocycles. The van der Waals surface area contributed by atoms with E-state index in [9.17, 15) is 31.1 Å². The van der Waals surface area contributed by atoms with Crippen LogP contribution in [0, 0.1) is 0 Å². The fraction of sp³-hybridized carbons (Fsp3) is 0.176. The van der Waals surface area contributed by atoms with Gasteiger partial charge in [-0.3, -0.25) is 9.20 Å². The Labute approximate surface area is 148 Å². The van der Waals surface area contributed by atoms with Crippen molar-refractivity contribution < 1.29 is 31.1 Å². The van der Waals surface area contributed by atoms with Crippen LogP contribution in [-0.2, 0) is 11.0 Å². The number of fused-ring (bicyclic) bond motifs is 1. The molecule has 0 spiro atoms. The van der Waals surface area contributed by atoms with Crippen LogP contribution in [0.25, 0.3) is 16.9 Å². The van der Waals surface area contributed by atoms with Crippen LogP contribution >= 0.6 is 0 Å². The molecular weight excluding hydrogens is 376 g/mol. The van der Waals surface area contributed by atoms with Gasteiger partial charge in [0.05, 0.1) is 11.3 Å². The molecule has 0 radical (unpaired) electrons. The zero-order valence-corrected chi connectivity index (χ0v) is 13.4. The number of alkyl halides is 6. The maximum Gasteiger partial charge on any atom is 0.416 e. The van der Waals surface area contributed by atoms with Crippen molar-refractivity contribution in [2.75, 3.05) is 5.32 Å². The van der Waals surface area contributed by atoms with Crippen LogP contribution in [0.15, 0.2) is 48.7 Å². The van der Waals surface area contributed by atoms with Gasteiger partial charge in [-0.15, -0.1) is 0 Å². The van der Waals surface area contributed by atoms with Gasteiger partial charge in [-0.05, 0) is 12.1 Å². The highest BCUT2D eigenvalue weighted by molar-refractivity contribution is 5.94. The number of hydrogen-bond donors (Lipinski definition) is 1. The first-order chi connectivity index (χ1) is 12.5. The number of anilines is 1. The van der Waals surface area contributed by atoms with Crippen LogP contribution in [0.1, 0.15) is 12.0 Å². The SMILES string of the molecule is O=C(CC(F)(F)F)Nc1nc2cc(C(F)(F)F)ccn2c1-c1ccccc1. The molecule has 0 saturated heterocycles. The standard InChI is InChI=1S/C17H11F6N3O/c18-16(19,20)9-13(27)25-15-14(10-4-2-1-3-5-10)26-7-6-11(17(21,22)23)8-12(26)24-15/h1-8H,9H2,(H,25,27). The predicted molar refractivity (Wildman–Crippen MR) is 84.9 cm³/mol. The fourth-order valence-corrected chi connectivity index (χ4v) is 2.54. The third-order valence-electron chi connectivity index (χ3n) is 3.62. The van der Waals surface area contributed by atoms with E-state index in [0.29, 0.717) is 5.56 Å². The van der Waals surface area contributed by atoms with Gasteiger partial charge < -0.3 is 5.32 Å². The second kappa shape index (κ2) is 6.60. The molecule has 0 unspecified atom stereocenters. The minimum absolute atomic E-state index is 0.161. The molecule has 0 aliphatic heterocycles. The van der Waals surface area contributed by atoms with Crippen LogP contribution in [0.4, 0.5) is 32.2 Å². The second-order valence-electron chi connectivity index (χ2n) is 5.66. The molecule has 4 nitrogen and oxygen atoms in total. The van der Waals surface area contributed by atoms with Gasteiger partial charge in [0.1, 0.15) is 12.1 Å². The van der Waals surface area contributed by atoms with Gasteiger partial charge in [-0.1, -0.05) is 30.3 Å². The summed E-state index contributed by atoms with van der Waals surface area (Å²) in [5.74, 6) is -1.62. The highest BCUT2D eigenvalue weighted by atomic mass is 19.4. The number of halogens is 6. The van der Waals surface area contributed by atoms with Gasteiger partial charge in [-0.2, -0.15) is 26.3 Å². The van der Waals surface area contributed by atoms with Crippen molar-refractivity contribution in [3.05, 3.63) is 54.2 Å². The Morgan fingerprint density at radius 2 is 1.70 bits per heavy atom. The number of carbonyl (C=O) groups is 1. The van der Waals surface area contributed by atoms with Gasteiger partial charge >= 0.3 is 12.4 Å². The van der Waals surface area contributed by atoms with Crippen molar-refractivity contribution in [3.8, 4) is 11.3 Å². The van der Waals surface area contributed by atoms with Crippen molar-refractivity contribution in [3.63, 3.8) is 0 Å². The van der Waals surface area contributed by atoms with Gasteiger partial charge in [-0.25, -0.2) is 4.98 Å². The van der Waals surface area contributed by atoms with E-state index in [2.05, 4.69) is 4.98 Å². The van der Waals surface area contributed by atoms with Gasteiger partial charge in [0.25, 0.3) is 0 Å².